The van der Waals surface area contributed by atoms with Crippen molar-refractivity contribution in [1.29, 1.82) is 0 Å². The van der Waals surface area contributed by atoms with E-state index in [1.165, 1.54) is 0 Å². The third-order valence-electron chi connectivity index (χ3n) is 3.26. The van der Waals surface area contributed by atoms with Gasteiger partial charge in [0.2, 0.25) is 0 Å². The summed E-state index contributed by atoms with van der Waals surface area (Å²) in [5, 5.41) is 3.34. The molecule has 0 spiro atoms. The lowest BCUT2D eigenvalue weighted by atomic mass is 10.1. The number of unbranched alkanes of at least 4 members (excludes halogenated alkanes) is 1. The fourth-order valence-corrected chi connectivity index (χ4v) is 2.20. The SMILES string of the molecule is O=C(CCCCN1CCNCC1)c1cc[nH]c1. The first-order chi connectivity index (χ1) is 8.36. The van der Waals surface area contributed by atoms with Crippen molar-refractivity contribution in [2.45, 2.75) is 19.3 Å². The van der Waals surface area contributed by atoms with E-state index in [1.807, 2.05) is 6.07 Å². The second-order valence-electron chi connectivity index (χ2n) is 4.57. The van der Waals surface area contributed by atoms with Crippen LogP contribution in [0.25, 0.3) is 0 Å². The highest BCUT2D eigenvalue weighted by Gasteiger charge is 2.09. The molecule has 1 aromatic heterocycles. The Bertz CT molecular complexity index is 328. The number of rotatable bonds is 6. The first kappa shape index (κ1) is 12.3. The molecule has 0 amide bonds. The number of piperazine rings is 1. The number of nitrogens with zero attached hydrogens (tertiary/aromatic N) is 1. The maximum absolute atomic E-state index is 11.7. The molecule has 0 bridgehead atoms. The minimum absolute atomic E-state index is 0.256. The van der Waals surface area contributed by atoms with E-state index in [2.05, 4.69) is 15.2 Å². The lowest BCUT2D eigenvalue weighted by molar-refractivity contribution is 0.0977. The average molecular weight is 235 g/mol. The number of H-pyrrole nitrogens is 1. The molecule has 2 rings (SSSR count). The van der Waals surface area contributed by atoms with E-state index in [-0.39, 0.29) is 5.78 Å². The monoisotopic (exact) mass is 235 g/mol. The van der Waals surface area contributed by atoms with Gasteiger partial charge in [-0.25, -0.2) is 0 Å². The molecule has 0 aromatic carbocycles. The molecule has 4 nitrogen and oxygen atoms in total. The summed E-state index contributed by atoms with van der Waals surface area (Å²) >= 11 is 0. The third kappa shape index (κ3) is 3.98. The van der Waals surface area contributed by atoms with Crippen LogP contribution in [-0.2, 0) is 0 Å². The number of Topliss-reactive ketones (excluding diaryl/α,β-unsaturated/α-hetero) is 1. The van der Waals surface area contributed by atoms with Gasteiger partial charge in [-0.1, -0.05) is 0 Å². The summed E-state index contributed by atoms with van der Waals surface area (Å²) in [6.45, 7) is 5.62. The summed E-state index contributed by atoms with van der Waals surface area (Å²) in [5.74, 6) is 0.256. The maximum Gasteiger partial charge on any atom is 0.164 e. The van der Waals surface area contributed by atoms with Gasteiger partial charge in [0.1, 0.15) is 0 Å². The van der Waals surface area contributed by atoms with Crippen molar-refractivity contribution >= 4 is 5.78 Å². The molecule has 0 saturated carbocycles. The second kappa shape index (κ2) is 6.57. The van der Waals surface area contributed by atoms with Crippen LogP contribution in [0.1, 0.15) is 29.6 Å². The van der Waals surface area contributed by atoms with Gasteiger partial charge in [-0.15, -0.1) is 0 Å². The highest BCUT2D eigenvalue weighted by atomic mass is 16.1. The first-order valence-electron chi connectivity index (χ1n) is 6.45. The van der Waals surface area contributed by atoms with E-state index in [0.29, 0.717) is 6.42 Å². The standard InChI is InChI=1S/C13H21N3O/c17-13(12-4-5-15-11-12)3-1-2-8-16-9-6-14-7-10-16/h4-5,11,14-15H,1-3,6-10H2. The van der Waals surface area contributed by atoms with Crippen molar-refractivity contribution in [3.63, 3.8) is 0 Å². The zero-order valence-corrected chi connectivity index (χ0v) is 10.2. The molecule has 0 atom stereocenters. The fraction of sp³-hybridized carbons (Fsp3) is 0.615. The summed E-state index contributed by atoms with van der Waals surface area (Å²) in [5.41, 5.74) is 0.812. The van der Waals surface area contributed by atoms with Gasteiger partial charge < -0.3 is 15.2 Å². The Kier molecular flexibility index (Phi) is 4.76. The summed E-state index contributed by atoms with van der Waals surface area (Å²) in [7, 11) is 0. The number of nitrogens with one attached hydrogen (secondary N) is 2. The Labute approximate surface area is 102 Å². The molecule has 2 N–H and O–H groups in total. The Hall–Kier alpha value is -1.13. The predicted molar refractivity (Wildman–Crippen MR) is 68.3 cm³/mol. The van der Waals surface area contributed by atoms with Crippen LogP contribution in [0.5, 0.6) is 0 Å². The summed E-state index contributed by atoms with van der Waals surface area (Å²) in [6.07, 6.45) is 6.36. The van der Waals surface area contributed by atoms with Crippen LogP contribution >= 0.6 is 0 Å². The van der Waals surface area contributed by atoms with E-state index in [4.69, 9.17) is 0 Å². The van der Waals surface area contributed by atoms with Gasteiger partial charge in [0, 0.05) is 50.6 Å². The molecule has 0 unspecified atom stereocenters. The first-order valence-corrected chi connectivity index (χ1v) is 6.45. The quantitative estimate of drug-likeness (QED) is 0.576. The van der Waals surface area contributed by atoms with Gasteiger partial charge in [0.05, 0.1) is 0 Å². The number of hydrogen-bond acceptors (Lipinski definition) is 3. The van der Waals surface area contributed by atoms with Crippen molar-refractivity contribution in [2.24, 2.45) is 0 Å². The van der Waals surface area contributed by atoms with E-state index < -0.39 is 0 Å². The summed E-state index contributed by atoms with van der Waals surface area (Å²) in [6, 6.07) is 1.85. The van der Waals surface area contributed by atoms with Gasteiger partial charge in [-0.05, 0) is 25.5 Å². The minimum atomic E-state index is 0.256. The van der Waals surface area contributed by atoms with Crippen molar-refractivity contribution in [2.75, 3.05) is 32.7 Å². The Morgan fingerprint density at radius 1 is 1.29 bits per heavy atom. The van der Waals surface area contributed by atoms with Crippen molar-refractivity contribution < 1.29 is 4.79 Å². The maximum atomic E-state index is 11.7. The molecule has 4 heteroatoms. The zero-order chi connectivity index (χ0) is 11.9. The number of aromatic amines is 1. The number of carbonyl (C=O) groups is 1. The van der Waals surface area contributed by atoms with E-state index in [9.17, 15) is 4.79 Å². The minimum Gasteiger partial charge on any atom is -0.367 e. The molecule has 1 fully saturated rings. The Morgan fingerprint density at radius 3 is 2.82 bits per heavy atom. The van der Waals surface area contributed by atoms with Crippen molar-refractivity contribution in [3.05, 3.63) is 24.0 Å². The predicted octanol–water partition coefficient (Wildman–Crippen LogP) is 1.27. The second-order valence-corrected chi connectivity index (χ2v) is 4.57. The van der Waals surface area contributed by atoms with E-state index >= 15 is 0 Å². The highest BCUT2D eigenvalue weighted by molar-refractivity contribution is 5.95. The van der Waals surface area contributed by atoms with Gasteiger partial charge in [-0.2, -0.15) is 0 Å². The Morgan fingerprint density at radius 2 is 2.12 bits per heavy atom. The molecule has 94 valence electrons. The van der Waals surface area contributed by atoms with Crippen LogP contribution in [0.3, 0.4) is 0 Å². The number of hydrogen-bond donors (Lipinski definition) is 2. The van der Waals surface area contributed by atoms with Crippen molar-refractivity contribution in [1.82, 2.24) is 15.2 Å². The smallest absolute Gasteiger partial charge is 0.164 e. The summed E-state index contributed by atoms with van der Waals surface area (Å²) < 4.78 is 0. The zero-order valence-electron chi connectivity index (χ0n) is 10.2. The topological polar surface area (TPSA) is 48.1 Å². The van der Waals surface area contributed by atoms with Crippen LogP contribution < -0.4 is 5.32 Å². The van der Waals surface area contributed by atoms with Gasteiger partial charge in [-0.3, -0.25) is 4.79 Å². The van der Waals surface area contributed by atoms with Crippen LogP contribution in [0.2, 0.25) is 0 Å². The van der Waals surface area contributed by atoms with E-state index in [1.54, 1.807) is 12.4 Å². The molecule has 1 saturated heterocycles. The molecule has 0 aliphatic carbocycles. The van der Waals surface area contributed by atoms with Crippen LogP contribution in [0, 0.1) is 0 Å². The molecular formula is C13H21N3O. The van der Waals surface area contributed by atoms with Crippen LogP contribution in [0.15, 0.2) is 18.5 Å². The lowest BCUT2D eigenvalue weighted by Crippen LogP contribution is -2.43. The lowest BCUT2D eigenvalue weighted by Gasteiger charge is -2.26. The number of ketones is 1. The van der Waals surface area contributed by atoms with Gasteiger partial charge in [0.25, 0.3) is 0 Å². The third-order valence-corrected chi connectivity index (χ3v) is 3.26. The van der Waals surface area contributed by atoms with Crippen LogP contribution in [-0.4, -0.2) is 48.4 Å². The van der Waals surface area contributed by atoms with Crippen LogP contribution in [0.4, 0.5) is 0 Å². The molecule has 0 radical (unpaired) electrons. The van der Waals surface area contributed by atoms with Gasteiger partial charge >= 0.3 is 0 Å². The normalized spacial score (nSPS) is 17.2. The molecule has 1 aliphatic heterocycles. The largest absolute Gasteiger partial charge is 0.367 e. The number of aromatic nitrogens is 1. The van der Waals surface area contributed by atoms with Gasteiger partial charge in [0.15, 0.2) is 5.78 Å². The summed E-state index contributed by atoms with van der Waals surface area (Å²) in [4.78, 5) is 17.1. The highest BCUT2D eigenvalue weighted by Crippen LogP contribution is 2.07. The Balaban J connectivity index is 1.58. The molecule has 1 aliphatic rings. The molecule has 17 heavy (non-hydrogen) atoms. The fourth-order valence-electron chi connectivity index (χ4n) is 2.20. The molecular weight excluding hydrogens is 214 g/mol. The molecule has 2 heterocycles. The van der Waals surface area contributed by atoms with Crippen molar-refractivity contribution in [3.8, 4) is 0 Å². The van der Waals surface area contributed by atoms with E-state index in [0.717, 1.165) is 51.1 Å². The molecule has 1 aromatic rings. The number of carbonyl (C=O) groups excluding carboxylic acids is 1. The average Bonchev–Trinajstić information content (AvgIpc) is 2.89.